The summed E-state index contributed by atoms with van der Waals surface area (Å²) in [6, 6.07) is 0.249. The lowest BCUT2D eigenvalue weighted by Crippen LogP contribution is -2.46. The number of carboxylic acids is 1. The zero-order chi connectivity index (χ0) is 38.0. The molecular formula is C38H40F6N4O5. The Balaban J connectivity index is 1.24. The number of amides is 1. The SMILES string of the molecule is CC=CC1CN(c2ncc(C3=CC4(C5CCC(C(=O)O)CC5)CC4C=C3OC)c(CN3C(=O)OC(c4cc(C(F)(F)F)cc(C(F)(F)F)c4)C3C)n2)C1. The number of cyclic esters (lactones) is 1. The Morgan fingerprint density at radius 2 is 1.74 bits per heavy atom. The molecule has 2 saturated heterocycles. The third-order valence-electron chi connectivity index (χ3n) is 11.6. The van der Waals surface area contributed by atoms with Crippen LogP contribution in [0, 0.1) is 29.1 Å². The van der Waals surface area contributed by atoms with Gasteiger partial charge in [-0.15, -0.1) is 0 Å². The van der Waals surface area contributed by atoms with Gasteiger partial charge in [-0.3, -0.25) is 9.69 Å². The van der Waals surface area contributed by atoms with Gasteiger partial charge in [0.1, 0.15) is 11.9 Å². The minimum Gasteiger partial charge on any atom is -0.496 e. The predicted octanol–water partition coefficient (Wildman–Crippen LogP) is 8.43. The van der Waals surface area contributed by atoms with Gasteiger partial charge in [0.15, 0.2) is 0 Å². The van der Waals surface area contributed by atoms with Crippen molar-refractivity contribution in [1.82, 2.24) is 14.9 Å². The molecule has 3 heterocycles. The highest BCUT2D eigenvalue weighted by Gasteiger charge is 2.59. The minimum absolute atomic E-state index is 0.0435. The molecule has 0 radical (unpaired) electrons. The van der Waals surface area contributed by atoms with Crippen molar-refractivity contribution < 1.29 is 50.5 Å². The summed E-state index contributed by atoms with van der Waals surface area (Å²) in [5.74, 6) is 0.646. The number of allylic oxidation sites excluding steroid dienone is 4. The average molecular weight is 747 g/mol. The van der Waals surface area contributed by atoms with Gasteiger partial charge in [-0.1, -0.05) is 18.2 Å². The van der Waals surface area contributed by atoms with E-state index in [1.165, 1.54) is 11.8 Å². The van der Waals surface area contributed by atoms with Crippen LogP contribution < -0.4 is 4.90 Å². The lowest BCUT2D eigenvalue weighted by Gasteiger charge is -2.38. The highest BCUT2D eigenvalue weighted by molar-refractivity contribution is 5.82. The molecule has 1 amide bonds. The molecule has 4 unspecified atom stereocenters. The van der Waals surface area contributed by atoms with E-state index < -0.39 is 53.3 Å². The fraction of sp³-hybridized carbons (Fsp3) is 0.526. The quantitative estimate of drug-likeness (QED) is 0.202. The third-order valence-corrected chi connectivity index (χ3v) is 11.6. The van der Waals surface area contributed by atoms with Crippen LogP contribution in [0.15, 0.2) is 54.5 Å². The van der Waals surface area contributed by atoms with Crippen molar-refractivity contribution in [3.05, 3.63) is 82.4 Å². The first-order valence-electron chi connectivity index (χ1n) is 17.7. The second-order valence-electron chi connectivity index (χ2n) is 14.8. The number of nitrogens with zero attached hydrogens (tertiary/aromatic N) is 4. The fourth-order valence-electron chi connectivity index (χ4n) is 8.61. The molecule has 0 bridgehead atoms. The minimum atomic E-state index is -5.07. The summed E-state index contributed by atoms with van der Waals surface area (Å²) < 4.78 is 93.7. The number of fused-ring (bicyclic) bond motifs is 1. The summed E-state index contributed by atoms with van der Waals surface area (Å²) >= 11 is 0. The Morgan fingerprint density at radius 3 is 2.32 bits per heavy atom. The van der Waals surface area contributed by atoms with Crippen LogP contribution in [0.3, 0.4) is 0 Å². The maximum Gasteiger partial charge on any atom is 0.416 e. The van der Waals surface area contributed by atoms with Crippen molar-refractivity contribution >= 4 is 23.6 Å². The predicted molar refractivity (Wildman–Crippen MR) is 180 cm³/mol. The van der Waals surface area contributed by atoms with Crippen LogP contribution in [0.2, 0.25) is 0 Å². The van der Waals surface area contributed by atoms with E-state index in [1.54, 1.807) is 13.3 Å². The van der Waals surface area contributed by atoms with E-state index in [4.69, 9.17) is 19.4 Å². The van der Waals surface area contributed by atoms with Crippen molar-refractivity contribution in [3.63, 3.8) is 0 Å². The summed E-state index contributed by atoms with van der Waals surface area (Å²) in [7, 11) is 1.55. The maximum absolute atomic E-state index is 13.7. The first-order chi connectivity index (χ1) is 25.0. The summed E-state index contributed by atoms with van der Waals surface area (Å²) in [5, 5.41) is 9.56. The zero-order valence-electron chi connectivity index (χ0n) is 29.4. The molecule has 7 rings (SSSR count). The molecule has 1 N–H and O–H groups in total. The molecule has 5 aliphatic rings. The highest BCUT2D eigenvalue weighted by atomic mass is 19.4. The lowest BCUT2D eigenvalue weighted by atomic mass is 9.71. The van der Waals surface area contributed by atoms with Gasteiger partial charge < -0.3 is 19.5 Å². The molecule has 4 atom stereocenters. The van der Waals surface area contributed by atoms with Gasteiger partial charge in [-0.2, -0.15) is 26.3 Å². The summed E-state index contributed by atoms with van der Waals surface area (Å²) in [4.78, 5) is 37.9. The van der Waals surface area contributed by atoms with Crippen molar-refractivity contribution in [2.45, 2.75) is 77.0 Å². The Labute approximate surface area is 302 Å². The van der Waals surface area contributed by atoms with E-state index >= 15 is 0 Å². The number of halogens is 6. The van der Waals surface area contributed by atoms with Crippen LogP contribution in [-0.4, -0.2) is 58.3 Å². The molecule has 2 saturated carbocycles. The van der Waals surface area contributed by atoms with Crippen molar-refractivity contribution in [3.8, 4) is 0 Å². The molecule has 53 heavy (non-hydrogen) atoms. The molecule has 3 aliphatic carbocycles. The number of aliphatic carboxylic acids is 1. The topological polar surface area (TPSA) is 105 Å². The number of alkyl halides is 6. The van der Waals surface area contributed by atoms with Gasteiger partial charge in [0.05, 0.1) is 42.4 Å². The van der Waals surface area contributed by atoms with Crippen LogP contribution in [-0.2, 0) is 33.2 Å². The normalized spacial score (nSPS) is 29.0. The van der Waals surface area contributed by atoms with Gasteiger partial charge in [0, 0.05) is 36.3 Å². The Bertz CT molecular complexity index is 1850. The maximum atomic E-state index is 13.7. The van der Waals surface area contributed by atoms with Gasteiger partial charge in [-0.05, 0) is 93.0 Å². The van der Waals surface area contributed by atoms with E-state index in [1.807, 2.05) is 17.9 Å². The molecule has 1 aromatic carbocycles. The monoisotopic (exact) mass is 746 g/mol. The van der Waals surface area contributed by atoms with Gasteiger partial charge in [0.25, 0.3) is 0 Å². The number of carbonyl (C=O) groups is 2. The first kappa shape index (κ1) is 36.8. The lowest BCUT2D eigenvalue weighted by molar-refractivity contribution is -0.144. The molecule has 2 aliphatic heterocycles. The second kappa shape index (κ2) is 13.4. The van der Waals surface area contributed by atoms with E-state index in [0.29, 0.717) is 72.5 Å². The van der Waals surface area contributed by atoms with E-state index in [2.05, 4.69) is 18.2 Å². The molecule has 2 aromatic rings. The van der Waals surface area contributed by atoms with Crippen molar-refractivity contribution in [2.75, 3.05) is 25.1 Å². The van der Waals surface area contributed by atoms with E-state index in [9.17, 15) is 41.0 Å². The number of aromatic nitrogens is 2. The van der Waals surface area contributed by atoms with Crippen LogP contribution >= 0.6 is 0 Å². The molecular weight excluding hydrogens is 706 g/mol. The number of hydrogen-bond donors (Lipinski definition) is 1. The Morgan fingerprint density at radius 1 is 1.08 bits per heavy atom. The summed E-state index contributed by atoms with van der Waals surface area (Å²) in [6.07, 6.45) is 1.10. The molecule has 1 aromatic heterocycles. The number of carboxylic acid groups (broad SMARTS) is 1. The third kappa shape index (κ3) is 6.87. The molecule has 15 heteroatoms. The number of ether oxygens (including phenoxy) is 2. The Hall–Kier alpha value is -4.56. The number of methoxy groups -OCH3 is 1. The van der Waals surface area contributed by atoms with Crippen LogP contribution in [0.25, 0.3) is 5.57 Å². The fourth-order valence-corrected chi connectivity index (χ4v) is 8.61. The van der Waals surface area contributed by atoms with Crippen LogP contribution in [0.5, 0.6) is 0 Å². The summed E-state index contributed by atoms with van der Waals surface area (Å²) in [6.45, 7) is 4.61. The Kier molecular flexibility index (Phi) is 9.29. The highest BCUT2D eigenvalue weighted by Crippen LogP contribution is 2.66. The number of rotatable bonds is 9. The molecule has 0 spiro atoms. The number of carbonyl (C=O) groups excluding carboxylic acids is 1. The van der Waals surface area contributed by atoms with E-state index in [-0.39, 0.29) is 35.8 Å². The number of hydrogen-bond acceptors (Lipinski definition) is 7. The molecule has 4 fully saturated rings. The number of benzene rings is 1. The largest absolute Gasteiger partial charge is 0.496 e. The van der Waals surface area contributed by atoms with Crippen LogP contribution in [0.1, 0.15) is 80.0 Å². The first-order valence-corrected chi connectivity index (χ1v) is 17.7. The molecule has 284 valence electrons. The zero-order valence-corrected chi connectivity index (χ0v) is 29.4. The summed E-state index contributed by atoms with van der Waals surface area (Å²) in [5.41, 5.74) is -1.94. The van der Waals surface area contributed by atoms with Gasteiger partial charge in [0.2, 0.25) is 5.95 Å². The smallest absolute Gasteiger partial charge is 0.416 e. The van der Waals surface area contributed by atoms with Crippen LogP contribution in [0.4, 0.5) is 37.1 Å². The number of anilines is 1. The van der Waals surface area contributed by atoms with Crippen molar-refractivity contribution in [1.29, 1.82) is 0 Å². The van der Waals surface area contributed by atoms with Gasteiger partial charge in [-0.25, -0.2) is 14.8 Å². The standard InChI is InChI=1S/C38H40F6N4O5/c1-4-5-21-17-47(18-21)34-45-16-29(28-15-36(14-27(36)13-31(28)52-3)24-8-6-22(7-9-24)33(49)50)30(46-34)19-48-20(2)32(53-35(48)51)23-10-25(37(39,40)41)12-26(11-23)38(42,43)44/h4-5,10-13,15-16,20-22,24,27,32H,6-9,14,17-19H2,1-3H3,(H,49,50). The van der Waals surface area contributed by atoms with Gasteiger partial charge >= 0.3 is 24.4 Å². The van der Waals surface area contributed by atoms with E-state index in [0.717, 1.165) is 19.3 Å². The second-order valence-corrected chi connectivity index (χ2v) is 14.8. The van der Waals surface area contributed by atoms with Crippen molar-refractivity contribution in [2.24, 2.45) is 29.1 Å². The molecule has 9 nitrogen and oxygen atoms in total. The average Bonchev–Trinajstić information content (AvgIpc) is 3.76.